The maximum atomic E-state index is 14.0. The van der Waals surface area contributed by atoms with Crippen molar-refractivity contribution in [2.24, 2.45) is 0 Å². The van der Waals surface area contributed by atoms with E-state index in [4.69, 9.17) is 32.8 Å². The van der Waals surface area contributed by atoms with Gasteiger partial charge in [-0.05, 0) is 48.9 Å². The van der Waals surface area contributed by atoms with Crippen LogP contribution in [0.1, 0.15) is 12.5 Å². The first kappa shape index (κ1) is 39.3. The molecule has 0 amide bonds. The van der Waals surface area contributed by atoms with Crippen molar-refractivity contribution in [2.45, 2.75) is 68.3 Å². The zero-order chi connectivity index (χ0) is 39.7. The third-order valence-corrected chi connectivity index (χ3v) is 9.03. The maximum absolute atomic E-state index is 14.0. The number of carbonyl (C=O) groups excluding carboxylic acids is 1. The first-order chi connectivity index (χ1) is 26.2. The number of hydrogen-bond acceptors (Lipinski definition) is 18. The molecule has 2 aliphatic rings. The fraction of sp³-hybridized carbons (Fsp3) is 0.351. The molecule has 18 nitrogen and oxygen atoms in total. The Labute approximate surface area is 310 Å². The minimum absolute atomic E-state index is 0.0244. The highest BCUT2D eigenvalue weighted by atomic mass is 16.8. The summed E-state index contributed by atoms with van der Waals surface area (Å²) in [6.07, 6.45) is -15.0. The number of methoxy groups -OCH3 is 1. The van der Waals surface area contributed by atoms with Crippen molar-refractivity contribution in [1.29, 1.82) is 0 Å². The third-order valence-electron chi connectivity index (χ3n) is 9.03. The smallest absolute Gasteiger partial charge is 0.330 e. The van der Waals surface area contributed by atoms with Gasteiger partial charge in [0.05, 0.1) is 13.2 Å². The number of aliphatic hydroxyl groups is 5. The van der Waals surface area contributed by atoms with Crippen LogP contribution >= 0.6 is 0 Å². The SMILES string of the molecule is COc1cc(-c2oc3cc(O)cc(O)c3c(=O)c2O[C@@H]2O[C@@H](C)[C@@H](O)[C@H](O)[C@@H]2O[C@@H]2O[C@@H](COC(=O)C=Cc3ccc(O)cc3)[C@@H](O)[C@H](O)[C@@H]2O)ccc1O. The van der Waals surface area contributed by atoms with Gasteiger partial charge in [-0.2, -0.15) is 0 Å². The molecule has 10 atom stereocenters. The summed E-state index contributed by atoms with van der Waals surface area (Å²) >= 11 is 0. The van der Waals surface area contributed by atoms with E-state index in [-0.39, 0.29) is 34.2 Å². The predicted molar refractivity (Wildman–Crippen MR) is 186 cm³/mol. The molecule has 0 unspecified atom stereocenters. The van der Waals surface area contributed by atoms with Crippen LogP contribution < -0.4 is 14.9 Å². The lowest BCUT2D eigenvalue weighted by Gasteiger charge is -2.45. The van der Waals surface area contributed by atoms with E-state index in [1.54, 1.807) is 12.1 Å². The minimum atomic E-state index is -1.99. The number of carbonyl (C=O) groups is 1. The summed E-state index contributed by atoms with van der Waals surface area (Å²) in [5.41, 5.74) is -0.617. The zero-order valence-electron chi connectivity index (χ0n) is 29.0. The van der Waals surface area contributed by atoms with E-state index >= 15 is 0 Å². The van der Waals surface area contributed by atoms with Crippen LogP contribution in [0.25, 0.3) is 28.4 Å². The summed E-state index contributed by atoms with van der Waals surface area (Å²) in [5.74, 6) is -3.24. The average molecular weight is 771 g/mol. The highest BCUT2D eigenvalue weighted by Gasteiger charge is 2.51. The molecule has 0 bridgehead atoms. The fourth-order valence-electron chi connectivity index (χ4n) is 6.03. The molecule has 0 aliphatic carbocycles. The van der Waals surface area contributed by atoms with Crippen molar-refractivity contribution in [3.05, 3.63) is 76.5 Å². The van der Waals surface area contributed by atoms with Crippen LogP contribution in [0.15, 0.2) is 69.9 Å². The Bertz CT molecular complexity index is 2100. The van der Waals surface area contributed by atoms with E-state index in [1.165, 1.54) is 50.4 Å². The van der Waals surface area contributed by atoms with Crippen LogP contribution in [0.3, 0.4) is 0 Å². The average Bonchev–Trinajstić information content (AvgIpc) is 3.15. The summed E-state index contributed by atoms with van der Waals surface area (Å²) in [7, 11) is 1.28. The van der Waals surface area contributed by atoms with E-state index in [0.29, 0.717) is 5.56 Å². The monoisotopic (exact) mass is 770 g/mol. The first-order valence-corrected chi connectivity index (χ1v) is 16.7. The Morgan fingerprint density at radius 1 is 0.800 bits per heavy atom. The van der Waals surface area contributed by atoms with Crippen LogP contribution in [0.4, 0.5) is 0 Å². The Kier molecular flexibility index (Phi) is 11.5. The van der Waals surface area contributed by atoms with Crippen molar-refractivity contribution in [3.63, 3.8) is 0 Å². The van der Waals surface area contributed by atoms with Crippen molar-refractivity contribution in [2.75, 3.05) is 13.7 Å². The summed E-state index contributed by atoms with van der Waals surface area (Å²) in [5, 5.41) is 94.1. The van der Waals surface area contributed by atoms with Crippen LogP contribution in [-0.2, 0) is 23.7 Å². The molecule has 0 radical (unpaired) electrons. The van der Waals surface area contributed by atoms with Gasteiger partial charge in [-0.25, -0.2) is 4.79 Å². The Morgan fingerprint density at radius 2 is 1.53 bits per heavy atom. The van der Waals surface area contributed by atoms with E-state index in [9.17, 15) is 55.5 Å². The van der Waals surface area contributed by atoms with Crippen LogP contribution in [0.5, 0.6) is 34.5 Å². The highest BCUT2D eigenvalue weighted by molar-refractivity contribution is 5.88. The van der Waals surface area contributed by atoms with Gasteiger partial charge in [0.1, 0.15) is 71.4 Å². The van der Waals surface area contributed by atoms with Crippen molar-refractivity contribution in [3.8, 4) is 45.8 Å². The molecule has 294 valence electrons. The van der Waals surface area contributed by atoms with Gasteiger partial charge in [0, 0.05) is 23.8 Å². The van der Waals surface area contributed by atoms with Gasteiger partial charge in [0.15, 0.2) is 29.7 Å². The lowest BCUT2D eigenvalue weighted by Crippen LogP contribution is -2.64. The topological polar surface area (TPSA) is 285 Å². The van der Waals surface area contributed by atoms with Crippen LogP contribution in [0.2, 0.25) is 0 Å². The van der Waals surface area contributed by atoms with Crippen molar-refractivity contribution in [1.82, 2.24) is 0 Å². The minimum Gasteiger partial charge on any atom is -0.508 e. The molecular weight excluding hydrogens is 732 g/mol. The quantitative estimate of drug-likeness (QED) is 0.0788. The lowest BCUT2D eigenvalue weighted by atomic mass is 9.97. The van der Waals surface area contributed by atoms with Gasteiger partial charge in [0.25, 0.3) is 0 Å². The summed E-state index contributed by atoms with van der Waals surface area (Å²) in [6, 6.07) is 11.7. The van der Waals surface area contributed by atoms with Gasteiger partial charge in [-0.15, -0.1) is 0 Å². The lowest BCUT2D eigenvalue weighted by molar-refractivity contribution is -0.355. The molecular formula is C37H38O18. The first-order valence-electron chi connectivity index (χ1n) is 16.7. The summed E-state index contributed by atoms with van der Waals surface area (Å²) < 4.78 is 39.6. The highest BCUT2D eigenvalue weighted by Crippen LogP contribution is 2.40. The van der Waals surface area contributed by atoms with Gasteiger partial charge < -0.3 is 78.8 Å². The molecule has 4 aromatic rings. The van der Waals surface area contributed by atoms with E-state index in [2.05, 4.69) is 0 Å². The number of esters is 1. The molecule has 6 rings (SSSR count). The second-order valence-electron chi connectivity index (χ2n) is 12.8. The fourth-order valence-corrected chi connectivity index (χ4v) is 6.03. The molecule has 9 N–H and O–H groups in total. The molecule has 2 fully saturated rings. The molecule has 2 aliphatic heterocycles. The normalized spacial score (nSPS) is 28.3. The maximum Gasteiger partial charge on any atom is 0.330 e. The van der Waals surface area contributed by atoms with Gasteiger partial charge >= 0.3 is 5.97 Å². The number of benzene rings is 3. The second kappa shape index (κ2) is 16.1. The van der Waals surface area contributed by atoms with Crippen LogP contribution in [0, 0.1) is 0 Å². The molecule has 55 heavy (non-hydrogen) atoms. The Hall–Kier alpha value is -5.44. The molecule has 0 saturated carbocycles. The third kappa shape index (κ3) is 8.16. The number of rotatable bonds is 10. The molecule has 1 aromatic heterocycles. The molecule has 3 aromatic carbocycles. The standard InChI is InChI=1S/C37H38O18/c1-15-27(43)31(47)35(55-36-32(48)30(46)28(44)24(53-36)14-50-25(42)10-5-16-3-7-18(38)8-4-16)37(51-15)54-34-29(45)26-21(41)12-19(39)13-23(26)52-33(34)17-6-9-20(40)22(11-17)49-2/h3-13,15,24,27-28,30-32,35-41,43-44,46-48H,14H2,1-2H3/t15-,24-,27+,28+,30-,31-,32-,35-,36-,37-/m0/s1. The molecule has 3 heterocycles. The van der Waals surface area contributed by atoms with Gasteiger partial charge in [0.2, 0.25) is 17.5 Å². The molecule has 18 heteroatoms. The van der Waals surface area contributed by atoms with Crippen molar-refractivity contribution >= 4 is 23.0 Å². The number of ether oxygens (including phenoxy) is 6. The number of phenols is 4. The summed E-state index contributed by atoms with van der Waals surface area (Å²) in [4.78, 5) is 26.4. The Morgan fingerprint density at radius 3 is 2.24 bits per heavy atom. The number of aromatic hydroxyl groups is 4. The number of aliphatic hydroxyl groups excluding tert-OH is 5. The number of phenolic OH excluding ortho intramolecular Hbond substituents is 4. The number of hydrogen-bond donors (Lipinski definition) is 9. The summed E-state index contributed by atoms with van der Waals surface area (Å²) in [6.45, 7) is 0.722. The largest absolute Gasteiger partial charge is 0.508 e. The number of fused-ring (bicyclic) bond motifs is 1. The van der Waals surface area contributed by atoms with Gasteiger partial charge in [-0.1, -0.05) is 12.1 Å². The van der Waals surface area contributed by atoms with Crippen LogP contribution in [-0.4, -0.2) is 127 Å². The Balaban J connectivity index is 1.29. The van der Waals surface area contributed by atoms with Gasteiger partial charge in [-0.3, -0.25) is 4.79 Å². The second-order valence-corrected chi connectivity index (χ2v) is 12.8. The van der Waals surface area contributed by atoms with E-state index < -0.39 is 102 Å². The predicted octanol–water partition coefficient (Wildman–Crippen LogP) is 0.586. The zero-order valence-corrected chi connectivity index (χ0v) is 29.0. The molecule has 0 spiro atoms. The van der Waals surface area contributed by atoms with E-state index in [0.717, 1.165) is 18.2 Å². The van der Waals surface area contributed by atoms with E-state index in [1.807, 2.05) is 0 Å². The molecule has 2 saturated heterocycles. The van der Waals surface area contributed by atoms with Crippen molar-refractivity contribution < 1.29 is 83.6 Å².